The van der Waals surface area contributed by atoms with Crippen LogP contribution in [0, 0.1) is 0 Å². The number of para-hydroxylation sites is 1. The van der Waals surface area contributed by atoms with Crippen molar-refractivity contribution in [3.05, 3.63) is 206 Å². The van der Waals surface area contributed by atoms with Crippen molar-refractivity contribution in [2.45, 2.75) is 0 Å². The molecule has 0 radical (unpaired) electrons. The van der Waals surface area contributed by atoms with Gasteiger partial charge in [0.05, 0.1) is 0 Å². The van der Waals surface area contributed by atoms with Crippen LogP contribution < -0.4 is 0 Å². The quantitative estimate of drug-likeness (QED) is 0.163. The van der Waals surface area contributed by atoms with Crippen molar-refractivity contribution in [1.82, 2.24) is 0 Å². The third-order valence-electron chi connectivity index (χ3n) is 11.2. The fourth-order valence-electron chi connectivity index (χ4n) is 8.75. The molecule has 0 aliphatic rings. The third-order valence-corrected chi connectivity index (χ3v) is 11.2. The highest BCUT2D eigenvalue weighted by atomic mass is 16.3. The average molecular weight is 699 g/mol. The molecule has 1 aromatic heterocycles. The minimum atomic E-state index is 0.894. The maximum atomic E-state index is 6.57. The molecule has 0 unspecified atom stereocenters. The minimum absolute atomic E-state index is 0.894. The molecule has 0 spiro atoms. The predicted molar refractivity (Wildman–Crippen MR) is 233 cm³/mol. The summed E-state index contributed by atoms with van der Waals surface area (Å²) in [4.78, 5) is 0. The SMILES string of the molecule is c1ccc(-c2c3ccc(-c4cccc5ccccc45)cc3c(-c3ccccc3)c3ccc(-c4cc(-c5ccccc5)c5c(c4)oc4ccccc45)cc23)cc1. The topological polar surface area (TPSA) is 13.1 Å². The van der Waals surface area contributed by atoms with Gasteiger partial charge in [-0.3, -0.25) is 0 Å². The summed E-state index contributed by atoms with van der Waals surface area (Å²) in [5.41, 5.74) is 13.8. The second kappa shape index (κ2) is 12.7. The van der Waals surface area contributed by atoms with Crippen LogP contribution in [0.15, 0.2) is 211 Å². The van der Waals surface area contributed by atoms with Crippen LogP contribution in [0.1, 0.15) is 0 Å². The second-order valence-electron chi connectivity index (χ2n) is 14.4. The van der Waals surface area contributed by atoms with E-state index in [9.17, 15) is 0 Å². The summed E-state index contributed by atoms with van der Waals surface area (Å²) < 4.78 is 6.57. The fraction of sp³-hybridized carbons (Fsp3) is 0. The van der Waals surface area contributed by atoms with Gasteiger partial charge in [-0.1, -0.05) is 176 Å². The smallest absolute Gasteiger partial charge is 0.136 e. The van der Waals surface area contributed by atoms with E-state index in [2.05, 4.69) is 200 Å². The molecule has 0 N–H and O–H groups in total. The van der Waals surface area contributed by atoms with Gasteiger partial charge in [-0.15, -0.1) is 0 Å². The van der Waals surface area contributed by atoms with Crippen molar-refractivity contribution < 1.29 is 4.42 Å². The van der Waals surface area contributed by atoms with Crippen molar-refractivity contribution in [2.24, 2.45) is 0 Å². The van der Waals surface area contributed by atoms with E-state index >= 15 is 0 Å². The summed E-state index contributed by atoms with van der Waals surface area (Å²) in [5.74, 6) is 0. The van der Waals surface area contributed by atoms with Gasteiger partial charge in [0, 0.05) is 10.8 Å². The summed E-state index contributed by atoms with van der Waals surface area (Å²) in [7, 11) is 0. The maximum Gasteiger partial charge on any atom is 0.136 e. The first-order valence-corrected chi connectivity index (χ1v) is 18.9. The molecule has 256 valence electrons. The molecule has 0 bridgehead atoms. The first-order chi connectivity index (χ1) is 27.3. The van der Waals surface area contributed by atoms with E-state index in [0.29, 0.717) is 0 Å². The van der Waals surface area contributed by atoms with Gasteiger partial charge in [0.2, 0.25) is 0 Å². The first kappa shape index (κ1) is 31.3. The Morgan fingerprint density at radius 1 is 0.255 bits per heavy atom. The van der Waals surface area contributed by atoms with E-state index < -0.39 is 0 Å². The zero-order chi connectivity index (χ0) is 36.3. The summed E-state index contributed by atoms with van der Waals surface area (Å²) in [6.07, 6.45) is 0. The molecule has 0 fully saturated rings. The molecule has 1 heterocycles. The summed E-state index contributed by atoms with van der Waals surface area (Å²) in [6.45, 7) is 0. The number of benzene rings is 10. The van der Waals surface area contributed by atoms with Crippen LogP contribution in [0.5, 0.6) is 0 Å². The lowest BCUT2D eigenvalue weighted by molar-refractivity contribution is 0.669. The molecule has 11 aromatic rings. The van der Waals surface area contributed by atoms with Gasteiger partial charge in [-0.05, 0) is 118 Å². The number of hydrogen-bond donors (Lipinski definition) is 0. The zero-order valence-electron chi connectivity index (χ0n) is 30.0. The molecule has 10 aromatic carbocycles. The van der Waals surface area contributed by atoms with E-state index in [1.165, 1.54) is 76.8 Å². The highest BCUT2D eigenvalue weighted by Crippen LogP contribution is 2.47. The van der Waals surface area contributed by atoms with Crippen molar-refractivity contribution in [2.75, 3.05) is 0 Å². The molecule has 0 saturated heterocycles. The van der Waals surface area contributed by atoms with Gasteiger partial charge < -0.3 is 4.42 Å². The van der Waals surface area contributed by atoms with Crippen molar-refractivity contribution in [3.8, 4) is 55.6 Å². The normalized spacial score (nSPS) is 11.6. The Kier molecular flexibility index (Phi) is 7.25. The van der Waals surface area contributed by atoms with Crippen LogP contribution in [-0.2, 0) is 0 Å². The standard InChI is InChI=1S/C54H34O/c1-4-15-36(16-5-1)47-33-41(34-51-54(47)46-24-12-13-26-50(46)55-51)39-27-29-44-48(31-39)52(37-18-6-2-7-19-37)45-30-28-40(32-49(45)53(44)38-20-8-3-9-21-38)43-25-14-22-35-17-10-11-23-42(35)43/h1-34H. The fourth-order valence-corrected chi connectivity index (χ4v) is 8.75. The summed E-state index contributed by atoms with van der Waals surface area (Å²) in [5, 5.41) is 9.71. The predicted octanol–water partition coefficient (Wildman–Crippen LogP) is 15.4. The van der Waals surface area contributed by atoms with E-state index in [-0.39, 0.29) is 0 Å². The number of fused-ring (bicyclic) bond motifs is 6. The van der Waals surface area contributed by atoms with E-state index in [4.69, 9.17) is 4.42 Å². The molecular weight excluding hydrogens is 665 g/mol. The Bertz CT molecular complexity index is 3220. The Morgan fingerprint density at radius 2 is 0.800 bits per heavy atom. The van der Waals surface area contributed by atoms with Gasteiger partial charge in [0.1, 0.15) is 11.2 Å². The lowest BCUT2D eigenvalue weighted by Gasteiger charge is -2.20. The van der Waals surface area contributed by atoms with Crippen molar-refractivity contribution >= 4 is 54.3 Å². The highest BCUT2D eigenvalue weighted by molar-refractivity contribution is 6.23. The zero-order valence-corrected chi connectivity index (χ0v) is 30.0. The molecule has 55 heavy (non-hydrogen) atoms. The number of hydrogen-bond acceptors (Lipinski definition) is 1. The molecule has 0 saturated carbocycles. The molecule has 0 aliphatic heterocycles. The molecule has 11 rings (SSSR count). The molecule has 1 heteroatoms. The second-order valence-corrected chi connectivity index (χ2v) is 14.4. The lowest BCUT2D eigenvalue weighted by Crippen LogP contribution is -1.93. The maximum absolute atomic E-state index is 6.57. The lowest BCUT2D eigenvalue weighted by atomic mass is 9.83. The number of furan rings is 1. The summed E-state index contributed by atoms with van der Waals surface area (Å²) in [6, 6.07) is 74.8. The largest absolute Gasteiger partial charge is 0.456 e. The Balaban J connectivity index is 1.22. The van der Waals surface area contributed by atoms with E-state index in [1.54, 1.807) is 0 Å². The molecule has 0 amide bonds. The third kappa shape index (κ3) is 5.16. The van der Waals surface area contributed by atoms with Gasteiger partial charge in [0.15, 0.2) is 0 Å². The van der Waals surface area contributed by atoms with Crippen LogP contribution in [0.2, 0.25) is 0 Å². The van der Waals surface area contributed by atoms with Crippen molar-refractivity contribution in [3.63, 3.8) is 0 Å². The Labute approximate surface area is 319 Å². The highest BCUT2D eigenvalue weighted by Gasteiger charge is 2.20. The van der Waals surface area contributed by atoms with Crippen LogP contribution in [-0.4, -0.2) is 0 Å². The molecular formula is C54H34O. The van der Waals surface area contributed by atoms with Crippen LogP contribution in [0.3, 0.4) is 0 Å². The Hall–Kier alpha value is -7.22. The van der Waals surface area contributed by atoms with Gasteiger partial charge in [-0.25, -0.2) is 0 Å². The molecule has 1 nitrogen and oxygen atoms in total. The Morgan fingerprint density at radius 3 is 1.49 bits per heavy atom. The van der Waals surface area contributed by atoms with Gasteiger partial charge in [0.25, 0.3) is 0 Å². The number of rotatable bonds is 5. The summed E-state index contributed by atoms with van der Waals surface area (Å²) >= 11 is 0. The minimum Gasteiger partial charge on any atom is -0.456 e. The van der Waals surface area contributed by atoms with Crippen LogP contribution >= 0.6 is 0 Å². The molecule has 0 atom stereocenters. The van der Waals surface area contributed by atoms with E-state index in [1.807, 2.05) is 6.07 Å². The van der Waals surface area contributed by atoms with Gasteiger partial charge in [-0.2, -0.15) is 0 Å². The monoisotopic (exact) mass is 698 g/mol. The van der Waals surface area contributed by atoms with Crippen LogP contribution in [0.4, 0.5) is 0 Å². The van der Waals surface area contributed by atoms with E-state index in [0.717, 1.165) is 33.1 Å². The van der Waals surface area contributed by atoms with Crippen molar-refractivity contribution in [1.29, 1.82) is 0 Å². The average Bonchev–Trinajstić information content (AvgIpc) is 3.64. The first-order valence-electron chi connectivity index (χ1n) is 18.9. The molecule has 0 aliphatic carbocycles. The van der Waals surface area contributed by atoms with Crippen LogP contribution in [0.25, 0.3) is 110 Å². The van der Waals surface area contributed by atoms with Gasteiger partial charge >= 0.3 is 0 Å².